The van der Waals surface area contributed by atoms with Crippen LogP contribution in [-0.4, -0.2) is 40.8 Å². The molecule has 2 aromatic heterocycles. The summed E-state index contributed by atoms with van der Waals surface area (Å²) in [5, 5.41) is 4.35. The Balaban J connectivity index is 1.58. The van der Waals surface area contributed by atoms with Gasteiger partial charge in [0.25, 0.3) is 5.56 Å². The lowest BCUT2D eigenvalue weighted by atomic mass is 10.3. The van der Waals surface area contributed by atoms with Crippen molar-refractivity contribution in [2.45, 2.75) is 13.5 Å². The number of aryl methyl sites for hydroxylation is 1. The molecule has 0 radical (unpaired) electrons. The molecular formula is C20H20BrN3O3S. The molecule has 0 fully saturated rings. The molecule has 0 unspecified atom stereocenters. The van der Waals surface area contributed by atoms with E-state index < -0.39 is 0 Å². The summed E-state index contributed by atoms with van der Waals surface area (Å²) in [7, 11) is 1.69. The lowest BCUT2D eigenvalue weighted by Crippen LogP contribution is -2.37. The molecule has 1 aromatic carbocycles. The predicted octanol–water partition coefficient (Wildman–Crippen LogP) is 3.58. The van der Waals surface area contributed by atoms with E-state index in [0.717, 1.165) is 20.0 Å². The van der Waals surface area contributed by atoms with Crippen molar-refractivity contribution < 1.29 is 9.53 Å². The Morgan fingerprint density at radius 2 is 1.93 bits per heavy atom. The SMILES string of the molecule is Cc1ccc(-c2ccc(=O)n(CC(=O)N(C)CCOc3ccc(Br)cc3)n2)s1. The molecule has 28 heavy (non-hydrogen) atoms. The van der Waals surface area contributed by atoms with Gasteiger partial charge in [0.15, 0.2) is 0 Å². The number of benzene rings is 1. The van der Waals surface area contributed by atoms with Crippen LogP contribution in [0.5, 0.6) is 5.75 Å². The molecule has 0 saturated carbocycles. The molecule has 2 heterocycles. The third-order valence-corrected chi connectivity index (χ3v) is 5.63. The minimum atomic E-state index is -0.301. The number of ether oxygens (including phenoxy) is 1. The van der Waals surface area contributed by atoms with Crippen molar-refractivity contribution in [2.24, 2.45) is 0 Å². The fourth-order valence-corrected chi connectivity index (χ4v) is 3.57. The highest BCUT2D eigenvalue weighted by Crippen LogP contribution is 2.25. The quantitative estimate of drug-likeness (QED) is 0.539. The van der Waals surface area contributed by atoms with Gasteiger partial charge in [-0.05, 0) is 49.4 Å². The molecule has 0 aliphatic heterocycles. The number of carbonyl (C=O) groups is 1. The van der Waals surface area contributed by atoms with Crippen LogP contribution in [0.15, 0.2) is 57.8 Å². The van der Waals surface area contributed by atoms with Gasteiger partial charge < -0.3 is 9.64 Å². The van der Waals surface area contributed by atoms with E-state index in [1.54, 1.807) is 24.5 Å². The number of rotatable bonds is 7. The monoisotopic (exact) mass is 461 g/mol. The van der Waals surface area contributed by atoms with E-state index in [2.05, 4.69) is 21.0 Å². The van der Waals surface area contributed by atoms with Gasteiger partial charge in [0.2, 0.25) is 5.91 Å². The second-order valence-electron chi connectivity index (χ2n) is 6.24. The lowest BCUT2D eigenvalue weighted by Gasteiger charge is -2.18. The topological polar surface area (TPSA) is 64.4 Å². The maximum absolute atomic E-state index is 12.5. The Morgan fingerprint density at radius 1 is 1.18 bits per heavy atom. The number of carbonyl (C=O) groups excluding carboxylic acids is 1. The van der Waals surface area contributed by atoms with E-state index in [-0.39, 0.29) is 18.0 Å². The maximum atomic E-state index is 12.5. The maximum Gasteiger partial charge on any atom is 0.267 e. The number of hydrogen-bond donors (Lipinski definition) is 0. The van der Waals surface area contributed by atoms with Crippen molar-refractivity contribution in [2.75, 3.05) is 20.2 Å². The first kappa shape index (κ1) is 20.3. The minimum absolute atomic E-state index is 0.105. The fraction of sp³-hybridized carbons (Fsp3) is 0.250. The minimum Gasteiger partial charge on any atom is -0.492 e. The molecule has 3 rings (SSSR count). The highest BCUT2D eigenvalue weighted by molar-refractivity contribution is 9.10. The average molecular weight is 462 g/mol. The number of nitrogens with zero attached hydrogens (tertiary/aromatic N) is 3. The smallest absolute Gasteiger partial charge is 0.267 e. The van der Waals surface area contributed by atoms with Crippen molar-refractivity contribution in [1.82, 2.24) is 14.7 Å². The average Bonchev–Trinajstić information content (AvgIpc) is 3.11. The van der Waals surface area contributed by atoms with E-state index in [4.69, 9.17) is 4.74 Å². The van der Waals surface area contributed by atoms with Crippen LogP contribution in [0.4, 0.5) is 0 Å². The molecule has 0 atom stereocenters. The fourth-order valence-electron chi connectivity index (χ4n) is 2.47. The number of halogens is 1. The van der Waals surface area contributed by atoms with Gasteiger partial charge in [0, 0.05) is 22.5 Å². The van der Waals surface area contributed by atoms with Crippen LogP contribution in [0.25, 0.3) is 10.6 Å². The van der Waals surface area contributed by atoms with Crippen LogP contribution < -0.4 is 10.3 Å². The summed E-state index contributed by atoms with van der Waals surface area (Å²) < 4.78 is 7.82. The standard InChI is InChI=1S/C20H20BrN3O3S/c1-14-3-9-18(28-14)17-8-10-19(25)24(22-17)13-20(26)23(2)11-12-27-16-6-4-15(21)5-7-16/h3-10H,11-13H2,1-2H3. The summed E-state index contributed by atoms with van der Waals surface area (Å²) in [5.74, 6) is 0.536. The molecule has 6 nitrogen and oxygen atoms in total. The van der Waals surface area contributed by atoms with E-state index in [1.165, 1.54) is 15.6 Å². The Bertz CT molecular complexity index is 1010. The first-order chi connectivity index (χ1) is 13.4. The number of thiophene rings is 1. The first-order valence-corrected chi connectivity index (χ1v) is 10.3. The molecule has 0 spiro atoms. The summed E-state index contributed by atoms with van der Waals surface area (Å²) in [6.07, 6.45) is 0. The van der Waals surface area contributed by atoms with Gasteiger partial charge in [-0.15, -0.1) is 11.3 Å². The Labute approximate surface area is 175 Å². The van der Waals surface area contributed by atoms with Crippen LogP contribution in [0.1, 0.15) is 4.88 Å². The molecule has 8 heteroatoms. The van der Waals surface area contributed by atoms with E-state index in [0.29, 0.717) is 18.8 Å². The van der Waals surface area contributed by atoms with Crippen molar-refractivity contribution in [3.05, 3.63) is 68.2 Å². The molecule has 0 bridgehead atoms. The number of aromatic nitrogens is 2. The van der Waals surface area contributed by atoms with Crippen LogP contribution in [0.3, 0.4) is 0 Å². The van der Waals surface area contributed by atoms with Gasteiger partial charge in [-0.1, -0.05) is 15.9 Å². The Hall–Kier alpha value is -2.45. The summed E-state index contributed by atoms with van der Waals surface area (Å²) in [5.41, 5.74) is 0.386. The van der Waals surface area contributed by atoms with Crippen LogP contribution >= 0.6 is 27.3 Å². The third kappa shape index (κ3) is 5.30. The number of likely N-dealkylation sites (N-methyl/N-ethyl adjacent to an activating group) is 1. The molecule has 146 valence electrons. The van der Waals surface area contributed by atoms with Crippen molar-refractivity contribution >= 4 is 33.2 Å². The number of hydrogen-bond acceptors (Lipinski definition) is 5. The Morgan fingerprint density at radius 3 is 2.61 bits per heavy atom. The lowest BCUT2D eigenvalue weighted by molar-refractivity contribution is -0.131. The highest BCUT2D eigenvalue weighted by atomic mass is 79.9. The molecule has 3 aromatic rings. The van der Waals surface area contributed by atoms with Gasteiger partial charge in [0.05, 0.1) is 11.4 Å². The van der Waals surface area contributed by atoms with Gasteiger partial charge in [-0.2, -0.15) is 5.10 Å². The van der Waals surface area contributed by atoms with Gasteiger partial charge in [-0.3, -0.25) is 9.59 Å². The number of amides is 1. The summed E-state index contributed by atoms with van der Waals surface area (Å²) >= 11 is 4.97. The van der Waals surface area contributed by atoms with Crippen molar-refractivity contribution in [3.63, 3.8) is 0 Å². The molecule has 0 N–H and O–H groups in total. The molecule has 1 amide bonds. The first-order valence-electron chi connectivity index (χ1n) is 8.70. The van der Waals surface area contributed by atoms with E-state index in [1.807, 2.05) is 43.3 Å². The van der Waals surface area contributed by atoms with E-state index in [9.17, 15) is 9.59 Å². The zero-order chi connectivity index (χ0) is 20.1. The molecule has 0 aliphatic carbocycles. The Kier molecular flexibility index (Phi) is 6.64. The van der Waals surface area contributed by atoms with Crippen LogP contribution in [-0.2, 0) is 11.3 Å². The second-order valence-corrected chi connectivity index (χ2v) is 8.45. The van der Waals surface area contributed by atoms with Crippen molar-refractivity contribution in [3.8, 4) is 16.3 Å². The van der Waals surface area contributed by atoms with Gasteiger partial charge in [0.1, 0.15) is 24.6 Å². The van der Waals surface area contributed by atoms with Gasteiger partial charge in [-0.25, -0.2) is 4.68 Å². The summed E-state index contributed by atoms with van der Waals surface area (Å²) in [6, 6.07) is 14.6. The van der Waals surface area contributed by atoms with E-state index >= 15 is 0 Å². The summed E-state index contributed by atoms with van der Waals surface area (Å²) in [6.45, 7) is 2.68. The normalized spacial score (nSPS) is 10.7. The summed E-state index contributed by atoms with van der Waals surface area (Å²) in [4.78, 5) is 28.2. The molecular weight excluding hydrogens is 442 g/mol. The van der Waals surface area contributed by atoms with Crippen LogP contribution in [0, 0.1) is 6.92 Å². The predicted molar refractivity (Wildman–Crippen MR) is 114 cm³/mol. The van der Waals surface area contributed by atoms with Crippen LogP contribution in [0.2, 0.25) is 0 Å². The largest absolute Gasteiger partial charge is 0.492 e. The molecule has 0 saturated heterocycles. The zero-order valence-electron chi connectivity index (χ0n) is 15.6. The second kappa shape index (κ2) is 9.16. The molecule has 0 aliphatic rings. The highest BCUT2D eigenvalue weighted by Gasteiger charge is 2.13. The third-order valence-electron chi connectivity index (χ3n) is 4.08. The van der Waals surface area contributed by atoms with Gasteiger partial charge >= 0.3 is 0 Å². The van der Waals surface area contributed by atoms with Crippen molar-refractivity contribution in [1.29, 1.82) is 0 Å². The zero-order valence-corrected chi connectivity index (χ0v) is 18.0.